The van der Waals surface area contributed by atoms with Gasteiger partial charge in [-0.25, -0.2) is 9.67 Å². The van der Waals surface area contributed by atoms with Crippen LogP contribution in [0.4, 0.5) is 0 Å². The third-order valence-electron chi connectivity index (χ3n) is 2.42. The summed E-state index contributed by atoms with van der Waals surface area (Å²) in [4.78, 5) is 3.91. The second-order valence-corrected chi connectivity index (χ2v) is 3.67. The van der Waals surface area contributed by atoms with Gasteiger partial charge in [0.25, 0.3) is 0 Å². The molecule has 1 N–H and O–H groups in total. The highest BCUT2D eigenvalue weighted by Crippen LogP contribution is 2.15. The molecule has 16 heavy (non-hydrogen) atoms. The Labute approximate surface area is 94.5 Å². The summed E-state index contributed by atoms with van der Waals surface area (Å²) >= 11 is 0. The van der Waals surface area contributed by atoms with E-state index in [1.54, 1.807) is 11.0 Å². The first kappa shape index (κ1) is 10.9. The summed E-state index contributed by atoms with van der Waals surface area (Å²) in [5, 5.41) is 7.31. The van der Waals surface area contributed by atoms with Gasteiger partial charge in [0.2, 0.25) is 0 Å². The number of nitrogens with one attached hydrogen (secondary N) is 1. The van der Waals surface area contributed by atoms with Crippen LogP contribution in [0.5, 0.6) is 0 Å². The Hall–Kier alpha value is -1.62. The number of aromatic nitrogens is 3. The summed E-state index contributed by atoms with van der Waals surface area (Å²) in [6.45, 7) is 6.47. The molecule has 0 unspecified atom stereocenters. The van der Waals surface area contributed by atoms with E-state index in [2.05, 4.69) is 28.4 Å². The molecule has 0 aliphatic heterocycles. The van der Waals surface area contributed by atoms with Gasteiger partial charge in [-0.1, -0.05) is 6.92 Å². The number of furan rings is 1. The number of hydrogen-bond donors (Lipinski definition) is 1. The Morgan fingerprint density at radius 1 is 1.50 bits per heavy atom. The lowest BCUT2D eigenvalue weighted by molar-refractivity contribution is 0.462. The van der Waals surface area contributed by atoms with Crippen LogP contribution in [0.2, 0.25) is 0 Å². The number of aryl methyl sites for hydroxylation is 1. The topological polar surface area (TPSA) is 55.9 Å². The maximum Gasteiger partial charge on any atom is 0.137 e. The van der Waals surface area contributed by atoms with Crippen molar-refractivity contribution < 1.29 is 4.42 Å². The van der Waals surface area contributed by atoms with Crippen molar-refractivity contribution in [1.29, 1.82) is 0 Å². The summed E-state index contributed by atoms with van der Waals surface area (Å²) in [7, 11) is 0. The van der Waals surface area contributed by atoms with E-state index in [1.165, 1.54) is 6.33 Å². The van der Waals surface area contributed by atoms with Crippen molar-refractivity contribution in [2.24, 2.45) is 0 Å². The second kappa shape index (κ2) is 4.94. The highest BCUT2D eigenvalue weighted by atomic mass is 16.3. The van der Waals surface area contributed by atoms with E-state index in [0.717, 1.165) is 30.2 Å². The molecule has 2 heterocycles. The zero-order chi connectivity index (χ0) is 11.4. The van der Waals surface area contributed by atoms with E-state index in [0.29, 0.717) is 6.54 Å². The molecule has 0 aliphatic rings. The monoisotopic (exact) mass is 220 g/mol. The molecular formula is C11H16N4O. The maximum absolute atomic E-state index is 5.64. The normalized spacial score (nSPS) is 10.9. The summed E-state index contributed by atoms with van der Waals surface area (Å²) in [6, 6.07) is 2.07. The summed E-state index contributed by atoms with van der Waals surface area (Å²) in [5.74, 6) is 1.91. The Balaban J connectivity index is 2.06. The van der Waals surface area contributed by atoms with Crippen LogP contribution in [0, 0.1) is 6.92 Å². The molecule has 0 atom stereocenters. The van der Waals surface area contributed by atoms with Crippen molar-refractivity contribution >= 4 is 0 Å². The van der Waals surface area contributed by atoms with Gasteiger partial charge >= 0.3 is 0 Å². The van der Waals surface area contributed by atoms with Gasteiger partial charge in [0.1, 0.15) is 24.2 Å². The minimum atomic E-state index is 0.710. The summed E-state index contributed by atoms with van der Waals surface area (Å²) in [6.07, 6.45) is 3.24. The first-order valence-electron chi connectivity index (χ1n) is 5.41. The van der Waals surface area contributed by atoms with E-state index < -0.39 is 0 Å². The first-order valence-corrected chi connectivity index (χ1v) is 5.41. The molecule has 5 heteroatoms. The van der Waals surface area contributed by atoms with Gasteiger partial charge in [0.05, 0.1) is 13.1 Å². The number of nitrogens with zero attached hydrogens (tertiary/aromatic N) is 3. The lowest BCUT2D eigenvalue weighted by atomic mass is 10.2. The van der Waals surface area contributed by atoms with Gasteiger partial charge in [0.15, 0.2) is 0 Å². The van der Waals surface area contributed by atoms with Crippen LogP contribution in [0.15, 0.2) is 23.1 Å². The van der Waals surface area contributed by atoms with Crippen molar-refractivity contribution in [2.45, 2.75) is 26.9 Å². The van der Waals surface area contributed by atoms with Crippen LogP contribution in [-0.2, 0) is 13.1 Å². The van der Waals surface area contributed by atoms with Crippen molar-refractivity contribution in [3.05, 3.63) is 35.8 Å². The Morgan fingerprint density at radius 3 is 3.06 bits per heavy atom. The van der Waals surface area contributed by atoms with Crippen LogP contribution in [0.25, 0.3) is 0 Å². The van der Waals surface area contributed by atoms with Gasteiger partial charge in [0, 0.05) is 5.56 Å². The zero-order valence-corrected chi connectivity index (χ0v) is 9.60. The van der Waals surface area contributed by atoms with Crippen molar-refractivity contribution in [3.63, 3.8) is 0 Å². The molecule has 2 aromatic rings. The third-order valence-corrected chi connectivity index (χ3v) is 2.42. The van der Waals surface area contributed by atoms with Crippen LogP contribution >= 0.6 is 0 Å². The minimum absolute atomic E-state index is 0.710. The summed E-state index contributed by atoms with van der Waals surface area (Å²) in [5.41, 5.74) is 1.15. The predicted molar refractivity (Wildman–Crippen MR) is 59.9 cm³/mol. The van der Waals surface area contributed by atoms with E-state index >= 15 is 0 Å². The fourth-order valence-electron chi connectivity index (χ4n) is 1.57. The molecule has 0 saturated carbocycles. The number of rotatable bonds is 5. The molecule has 0 spiro atoms. The lowest BCUT2D eigenvalue weighted by Crippen LogP contribution is -2.10. The van der Waals surface area contributed by atoms with Crippen LogP contribution in [0.1, 0.15) is 24.0 Å². The molecule has 5 nitrogen and oxygen atoms in total. The smallest absolute Gasteiger partial charge is 0.137 e. The standard InChI is InChI=1S/C11H16N4O/c1-3-12-5-11-4-10(9(2)16-11)6-15-8-13-7-14-15/h4,7-8,12H,3,5-6H2,1-2H3. The lowest BCUT2D eigenvalue weighted by Gasteiger charge is -1.97. The first-order chi connectivity index (χ1) is 7.79. The largest absolute Gasteiger partial charge is 0.465 e. The van der Waals surface area contributed by atoms with Gasteiger partial charge in [-0.15, -0.1) is 0 Å². The molecule has 0 fully saturated rings. The molecule has 2 rings (SSSR count). The second-order valence-electron chi connectivity index (χ2n) is 3.67. The SMILES string of the molecule is CCNCc1cc(Cn2cncn2)c(C)o1. The van der Waals surface area contributed by atoms with E-state index in [4.69, 9.17) is 4.42 Å². The van der Waals surface area contributed by atoms with Crippen LogP contribution < -0.4 is 5.32 Å². The molecule has 0 radical (unpaired) electrons. The molecular weight excluding hydrogens is 204 g/mol. The highest BCUT2D eigenvalue weighted by Gasteiger charge is 2.07. The Morgan fingerprint density at radius 2 is 2.38 bits per heavy atom. The molecule has 0 aliphatic carbocycles. The quantitative estimate of drug-likeness (QED) is 0.826. The molecule has 0 saturated heterocycles. The summed E-state index contributed by atoms with van der Waals surface area (Å²) < 4.78 is 7.43. The zero-order valence-electron chi connectivity index (χ0n) is 9.60. The average Bonchev–Trinajstić information content (AvgIpc) is 2.87. The minimum Gasteiger partial charge on any atom is -0.465 e. The fourth-order valence-corrected chi connectivity index (χ4v) is 1.57. The van der Waals surface area contributed by atoms with Gasteiger partial charge in [-0.05, 0) is 19.5 Å². The number of hydrogen-bond acceptors (Lipinski definition) is 4. The van der Waals surface area contributed by atoms with Gasteiger partial charge < -0.3 is 9.73 Å². The van der Waals surface area contributed by atoms with Crippen molar-refractivity contribution in [2.75, 3.05) is 6.54 Å². The van der Waals surface area contributed by atoms with E-state index in [9.17, 15) is 0 Å². The predicted octanol–water partition coefficient (Wildman–Crippen LogP) is 1.34. The highest BCUT2D eigenvalue weighted by molar-refractivity contribution is 5.20. The van der Waals surface area contributed by atoms with E-state index in [1.807, 2.05) is 6.92 Å². The molecule has 0 aromatic carbocycles. The van der Waals surface area contributed by atoms with E-state index in [-0.39, 0.29) is 0 Å². The van der Waals surface area contributed by atoms with Crippen molar-refractivity contribution in [1.82, 2.24) is 20.1 Å². The Bertz CT molecular complexity index is 433. The van der Waals surface area contributed by atoms with Crippen molar-refractivity contribution in [3.8, 4) is 0 Å². The van der Waals surface area contributed by atoms with Gasteiger partial charge in [-0.3, -0.25) is 0 Å². The average molecular weight is 220 g/mol. The maximum atomic E-state index is 5.64. The molecule has 0 amide bonds. The fraction of sp³-hybridized carbons (Fsp3) is 0.455. The molecule has 86 valence electrons. The molecule has 2 aromatic heterocycles. The Kier molecular flexibility index (Phi) is 3.36. The van der Waals surface area contributed by atoms with Crippen LogP contribution in [-0.4, -0.2) is 21.3 Å². The third kappa shape index (κ3) is 2.49. The van der Waals surface area contributed by atoms with Crippen LogP contribution in [0.3, 0.4) is 0 Å². The van der Waals surface area contributed by atoms with Gasteiger partial charge in [-0.2, -0.15) is 5.10 Å². The molecule has 0 bridgehead atoms.